The van der Waals surface area contributed by atoms with Gasteiger partial charge in [-0.3, -0.25) is 9.59 Å². The van der Waals surface area contributed by atoms with Gasteiger partial charge in [0.05, 0.1) is 0 Å². The fourth-order valence-electron chi connectivity index (χ4n) is 2.59. The molecule has 2 amide bonds. The number of carbonyl (C=O) groups excluding carboxylic acids is 2. The van der Waals surface area contributed by atoms with E-state index in [1.54, 1.807) is 0 Å². The van der Waals surface area contributed by atoms with Gasteiger partial charge in [0.15, 0.2) is 0 Å². The lowest BCUT2D eigenvalue weighted by molar-refractivity contribution is -0.149. The van der Waals surface area contributed by atoms with Gasteiger partial charge in [0.1, 0.15) is 12.1 Å². The van der Waals surface area contributed by atoms with Gasteiger partial charge in [-0.25, -0.2) is 0 Å². The van der Waals surface area contributed by atoms with Gasteiger partial charge in [-0.2, -0.15) is 0 Å². The second kappa shape index (κ2) is 4.07. The minimum atomic E-state index is -0.304. The number of hydrogen-bond donors (Lipinski definition) is 1. The van der Waals surface area contributed by atoms with Gasteiger partial charge in [-0.15, -0.1) is 0 Å². The molecule has 2 aliphatic rings. The fourth-order valence-corrected chi connectivity index (χ4v) is 2.59. The SMILES string of the molecule is CCC1NC(=O)C(C)N(C2CC2CC)C1=O. The van der Waals surface area contributed by atoms with Crippen molar-refractivity contribution in [2.75, 3.05) is 0 Å². The van der Waals surface area contributed by atoms with E-state index in [9.17, 15) is 9.59 Å². The molecule has 0 aromatic rings. The van der Waals surface area contributed by atoms with Crippen molar-refractivity contribution in [1.29, 1.82) is 0 Å². The van der Waals surface area contributed by atoms with Crippen molar-refractivity contribution < 1.29 is 9.59 Å². The summed E-state index contributed by atoms with van der Waals surface area (Å²) >= 11 is 0. The zero-order valence-corrected chi connectivity index (χ0v) is 10.2. The smallest absolute Gasteiger partial charge is 0.246 e. The Balaban J connectivity index is 2.14. The van der Waals surface area contributed by atoms with Crippen molar-refractivity contribution in [3.63, 3.8) is 0 Å². The Labute approximate surface area is 96.4 Å². The third-order valence-corrected chi connectivity index (χ3v) is 3.84. The molecule has 4 unspecified atom stereocenters. The van der Waals surface area contributed by atoms with Crippen molar-refractivity contribution in [3.8, 4) is 0 Å². The first kappa shape index (κ1) is 11.4. The first-order valence-electron chi connectivity index (χ1n) is 6.22. The normalized spacial score (nSPS) is 38.6. The molecule has 0 aromatic carbocycles. The van der Waals surface area contributed by atoms with E-state index in [0.29, 0.717) is 18.4 Å². The number of nitrogens with one attached hydrogen (secondary N) is 1. The Hall–Kier alpha value is -1.06. The van der Waals surface area contributed by atoms with Gasteiger partial charge >= 0.3 is 0 Å². The van der Waals surface area contributed by atoms with Crippen LogP contribution >= 0.6 is 0 Å². The summed E-state index contributed by atoms with van der Waals surface area (Å²) < 4.78 is 0. The topological polar surface area (TPSA) is 49.4 Å². The molecule has 1 N–H and O–H groups in total. The van der Waals surface area contributed by atoms with Crippen LogP contribution in [0, 0.1) is 5.92 Å². The van der Waals surface area contributed by atoms with Crippen LogP contribution in [-0.4, -0.2) is 34.8 Å². The fraction of sp³-hybridized carbons (Fsp3) is 0.833. The Morgan fingerprint density at radius 2 is 2.00 bits per heavy atom. The van der Waals surface area contributed by atoms with Crippen LogP contribution in [0.2, 0.25) is 0 Å². The van der Waals surface area contributed by atoms with Crippen molar-refractivity contribution in [2.45, 2.75) is 58.2 Å². The molecule has 0 bridgehead atoms. The van der Waals surface area contributed by atoms with E-state index >= 15 is 0 Å². The molecule has 4 heteroatoms. The molecule has 16 heavy (non-hydrogen) atoms. The Kier molecular flexibility index (Phi) is 2.91. The summed E-state index contributed by atoms with van der Waals surface area (Å²) in [4.78, 5) is 25.7. The summed E-state index contributed by atoms with van der Waals surface area (Å²) in [6.07, 6.45) is 2.84. The van der Waals surface area contributed by atoms with Crippen LogP contribution in [0.4, 0.5) is 0 Å². The van der Waals surface area contributed by atoms with Gasteiger partial charge in [0.2, 0.25) is 11.8 Å². The lowest BCUT2D eigenvalue weighted by Gasteiger charge is -2.37. The quantitative estimate of drug-likeness (QED) is 0.774. The predicted molar refractivity (Wildman–Crippen MR) is 60.7 cm³/mol. The number of piperazine rings is 1. The molecule has 1 heterocycles. The highest BCUT2D eigenvalue weighted by molar-refractivity contribution is 5.97. The average molecular weight is 224 g/mol. The lowest BCUT2D eigenvalue weighted by Crippen LogP contribution is -2.63. The molecule has 0 aromatic heterocycles. The molecule has 0 spiro atoms. The largest absolute Gasteiger partial charge is 0.343 e. The summed E-state index contributed by atoms with van der Waals surface area (Å²) in [5.41, 5.74) is 0. The number of rotatable bonds is 3. The van der Waals surface area contributed by atoms with Crippen molar-refractivity contribution in [2.24, 2.45) is 5.92 Å². The molecule has 90 valence electrons. The monoisotopic (exact) mass is 224 g/mol. The standard InChI is InChI=1S/C12H20N2O2/c1-4-8-6-10(8)14-7(3)11(15)13-9(5-2)12(14)16/h7-10H,4-6H2,1-3H3,(H,13,15). The first-order chi connectivity index (χ1) is 7.60. The Morgan fingerprint density at radius 1 is 1.31 bits per heavy atom. The van der Waals surface area contributed by atoms with Gasteiger partial charge in [0.25, 0.3) is 0 Å². The number of hydrogen-bond acceptors (Lipinski definition) is 2. The zero-order chi connectivity index (χ0) is 11.9. The zero-order valence-electron chi connectivity index (χ0n) is 10.2. The minimum absolute atomic E-state index is 0.00629. The van der Waals surface area contributed by atoms with E-state index in [1.807, 2.05) is 18.7 Å². The van der Waals surface area contributed by atoms with Crippen molar-refractivity contribution >= 4 is 11.8 Å². The molecular weight excluding hydrogens is 204 g/mol. The maximum atomic E-state index is 12.2. The molecular formula is C12H20N2O2. The molecule has 1 saturated heterocycles. The summed E-state index contributed by atoms with van der Waals surface area (Å²) in [5, 5.41) is 2.78. The maximum absolute atomic E-state index is 12.2. The van der Waals surface area contributed by atoms with Crippen LogP contribution in [0.1, 0.15) is 40.0 Å². The highest BCUT2D eigenvalue weighted by atomic mass is 16.2. The van der Waals surface area contributed by atoms with E-state index < -0.39 is 0 Å². The molecule has 4 nitrogen and oxygen atoms in total. The van der Waals surface area contributed by atoms with E-state index in [-0.39, 0.29) is 23.9 Å². The summed E-state index contributed by atoms with van der Waals surface area (Å²) in [5.74, 6) is 0.707. The first-order valence-corrected chi connectivity index (χ1v) is 6.22. The van der Waals surface area contributed by atoms with Crippen LogP contribution in [0.5, 0.6) is 0 Å². The van der Waals surface area contributed by atoms with Crippen molar-refractivity contribution in [3.05, 3.63) is 0 Å². The van der Waals surface area contributed by atoms with Crippen LogP contribution in [-0.2, 0) is 9.59 Å². The summed E-state index contributed by atoms with van der Waals surface area (Å²) in [6.45, 7) is 5.90. The van der Waals surface area contributed by atoms with Gasteiger partial charge in [0, 0.05) is 6.04 Å². The lowest BCUT2D eigenvalue weighted by atomic mass is 10.1. The Morgan fingerprint density at radius 3 is 2.50 bits per heavy atom. The van der Waals surface area contributed by atoms with Gasteiger partial charge in [-0.1, -0.05) is 20.3 Å². The molecule has 2 rings (SSSR count). The highest BCUT2D eigenvalue weighted by Gasteiger charge is 2.49. The number of nitrogens with zero attached hydrogens (tertiary/aromatic N) is 1. The average Bonchev–Trinajstić information content (AvgIpc) is 3.03. The second-order valence-corrected chi connectivity index (χ2v) is 4.86. The van der Waals surface area contributed by atoms with Gasteiger partial charge < -0.3 is 10.2 Å². The second-order valence-electron chi connectivity index (χ2n) is 4.86. The van der Waals surface area contributed by atoms with Crippen LogP contribution in [0.3, 0.4) is 0 Å². The van der Waals surface area contributed by atoms with Crippen LogP contribution in [0.25, 0.3) is 0 Å². The maximum Gasteiger partial charge on any atom is 0.246 e. The molecule has 2 fully saturated rings. The van der Waals surface area contributed by atoms with E-state index in [0.717, 1.165) is 12.8 Å². The van der Waals surface area contributed by atoms with Crippen LogP contribution < -0.4 is 5.32 Å². The third kappa shape index (κ3) is 1.70. The third-order valence-electron chi connectivity index (χ3n) is 3.84. The van der Waals surface area contributed by atoms with Crippen LogP contribution in [0.15, 0.2) is 0 Å². The summed E-state index contributed by atoms with van der Waals surface area (Å²) in [7, 11) is 0. The molecule has 1 aliphatic carbocycles. The van der Waals surface area contributed by atoms with E-state index in [1.165, 1.54) is 0 Å². The Bertz CT molecular complexity index is 316. The minimum Gasteiger partial charge on any atom is -0.343 e. The highest BCUT2D eigenvalue weighted by Crippen LogP contribution is 2.40. The molecule has 1 saturated carbocycles. The van der Waals surface area contributed by atoms with Gasteiger partial charge in [-0.05, 0) is 25.7 Å². The number of carbonyl (C=O) groups is 2. The van der Waals surface area contributed by atoms with E-state index in [4.69, 9.17) is 0 Å². The van der Waals surface area contributed by atoms with Crippen molar-refractivity contribution in [1.82, 2.24) is 10.2 Å². The molecule has 4 atom stereocenters. The predicted octanol–water partition coefficient (Wildman–Crippen LogP) is 0.910. The molecule has 0 radical (unpaired) electrons. The number of amides is 2. The molecule has 1 aliphatic heterocycles. The van der Waals surface area contributed by atoms with E-state index in [2.05, 4.69) is 12.2 Å². The summed E-state index contributed by atoms with van der Waals surface area (Å²) in [6, 6.07) is -0.286.